The number of nitrogens with one attached hydrogen (secondary N) is 1. The molecule has 0 heterocycles. The highest BCUT2D eigenvalue weighted by molar-refractivity contribution is 9.10. The number of methoxy groups -OCH3 is 1. The van der Waals surface area contributed by atoms with Gasteiger partial charge in [-0.15, -0.1) is 0 Å². The van der Waals surface area contributed by atoms with Crippen LogP contribution < -0.4 is 20.6 Å². The first-order chi connectivity index (χ1) is 10.5. The highest BCUT2D eigenvalue weighted by Crippen LogP contribution is 2.36. The molecule has 0 saturated carbocycles. The average molecular weight is 374 g/mol. The van der Waals surface area contributed by atoms with Gasteiger partial charge in [0.15, 0.2) is 18.1 Å². The molecule has 9 heteroatoms. The minimum Gasteiger partial charge on any atom is -0.493 e. The molecule has 2 amide bonds. The molecule has 0 radical (unpaired) electrons. The van der Waals surface area contributed by atoms with Crippen molar-refractivity contribution in [1.29, 1.82) is 0 Å². The van der Waals surface area contributed by atoms with E-state index in [0.717, 1.165) is 0 Å². The number of carbonyl (C=O) groups is 2. The standard InChI is InChI=1S/C13H16BrN3O5/c1-3-21-11(18)7-22-12-9(14)4-8(5-10(12)20-2)6-16-17-13(15)19/h4-6H,3,7H2,1-2H3,(H3,15,17,19)/b16-6-. The van der Waals surface area contributed by atoms with Gasteiger partial charge >= 0.3 is 12.0 Å². The molecule has 1 rings (SSSR count). The number of carbonyl (C=O) groups excluding carboxylic acids is 2. The number of esters is 1. The number of halogens is 1. The molecule has 0 aliphatic carbocycles. The predicted octanol–water partition coefficient (Wildman–Crippen LogP) is 1.40. The van der Waals surface area contributed by atoms with Gasteiger partial charge in [-0.2, -0.15) is 5.10 Å². The Morgan fingerprint density at radius 1 is 1.45 bits per heavy atom. The number of hydrogen-bond donors (Lipinski definition) is 2. The molecule has 0 atom stereocenters. The monoisotopic (exact) mass is 373 g/mol. The number of urea groups is 1. The van der Waals surface area contributed by atoms with Crippen molar-refractivity contribution in [1.82, 2.24) is 5.43 Å². The molecule has 8 nitrogen and oxygen atoms in total. The van der Waals surface area contributed by atoms with E-state index in [9.17, 15) is 9.59 Å². The highest BCUT2D eigenvalue weighted by atomic mass is 79.9. The summed E-state index contributed by atoms with van der Waals surface area (Å²) >= 11 is 3.32. The molecule has 120 valence electrons. The Balaban J connectivity index is 2.88. The summed E-state index contributed by atoms with van der Waals surface area (Å²) in [7, 11) is 1.46. The Morgan fingerprint density at radius 3 is 2.77 bits per heavy atom. The van der Waals surface area contributed by atoms with Gasteiger partial charge in [0.2, 0.25) is 0 Å². The summed E-state index contributed by atoms with van der Waals surface area (Å²) < 4.78 is 15.9. The Labute approximate surface area is 135 Å². The van der Waals surface area contributed by atoms with Crippen LogP contribution >= 0.6 is 15.9 Å². The fourth-order valence-electron chi connectivity index (χ4n) is 1.46. The lowest BCUT2D eigenvalue weighted by molar-refractivity contribution is -0.145. The zero-order valence-electron chi connectivity index (χ0n) is 12.1. The first-order valence-electron chi connectivity index (χ1n) is 6.22. The number of primary amides is 1. The van der Waals surface area contributed by atoms with Gasteiger partial charge in [0.1, 0.15) is 0 Å². The van der Waals surface area contributed by atoms with E-state index in [1.54, 1.807) is 19.1 Å². The number of amides is 2. The summed E-state index contributed by atoms with van der Waals surface area (Å²) in [5.74, 6) is 0.266. The lowest BCUT2D eigenvalue weighted by Gasteiger charge is -2.12. The summed E-state index contributed by atoms with van der Waals surface area (Å²) in [6.07, 6.45) is 1.38. The molecule has 0 aliphatic rings. The van der Waals surface area contributed by atoms with E-state index < -0.39 is 12.0 Å². The van der Waals surface area contributed by atoms with Gasteiger partial charge in [-0.25, -0.2) is 15.0 Å². The van der Waals surface area contributed by atoms with Crippen LogP contribution in [0.4, 0.5) is 4.79 Å². The lowest BCUT2D eigenvalue weighted by atomic mass is 10.2. The van der Waals surface area contributed by atoms with Gasteiger partial charge in [-0.3, -0.25) is 0 Å². The summed E-state index contributed by atoms with van der Waals surface area (Å²) in [6, 6.07) is 2.53. The van der Waals surface area contributed by atoms with Crippen LogP contribution in [-0.4, -0.2) is 38.5 Å². The number of ether oxygens (including phenoxy) is 3. The minimum atomic E-state index is -0.767. The van der Waals surface area contributed by atoms with Crippen molar-refractivity contribution >= 4 is 34.1 Å². The Kier molecular flexibility index (Phi) is 7.17. The molecule has 0 saturated heterocycles. The molecule has 0 aliphatic heterocycles. The maximum atomic E-state index is 11.3. The zero-order chi connectivity index (χ0) is 16.5. The molecule has 0 spiro atoms. The third-order valence-corrected chi connectivity index (χ3v) is 2.87. The second-order valence-corrected chi connectivity index (χ2v) is 4.72. The van der Waals surface area contributed by atoms with Gasteiger partial charge in [-0.1, -0.05) is 0 Å². The van der Waals surface area contributed by atoms with Crippen LogP contribution in [0.3, 0.4) is 0 Å². The fraction of sp³-hybridized carbons (Fsp3) is 0.308. The van der Waals surface area contributed by atoms with Crippen molar-refractivity contribution < 1.29 is 23.8 Å². The molecule has 3 N–H and O–H groups in total. The molecule has 1 aromatic rings. The van der Waals surface area contributed by atoms with Gasteiger partial charge in [0.25, 0.3) is 0 Å². The third-order valence-electron chi connectivity index (χ3n) is 2.28. The van der Waals surface area contributed by atoms with Gasteiger partial charge in [0.05, 0.1) is 24.4 Å². The maximum absolute atomic E-state index is 11.3. The van der Waals surface area contributed by atoms with Gasteiger partial charge in [-0.05, 0) is 40.5 Å². The van der Waals surface area contributed by atoms with E-state index in [0.29, 0.717) is 21.5 Å². The van der Waals surface area contributed by atoms with Crippen molar-refractivity contribution in [3.05, 3.63) is 22.2 Å². The van der Waals surface area contributed by atoms with Crippen LogP contribution in [0.2, 0.25) is 0 Å². The quantitative estimate of drug-likeness (QED) is 0.426. The lowest BCUT2D eigenvalue weighted by Crippen LogP contribution is -2.24. The first-order valence-corrected chi connectivity index (χ1v) is 7.01. The van der Waals surface area contributed by atoms with Crippen molar-refractivity contribution in [2.45, 2.75) is 6.92 Å². The van der Waals surface area contributed by atoms with E-state index in [1.807, 2.05) is 0 Å². The topological polar surface area (TPSA) is 112 Å². The van der Waals surface area contributed by atoms with E-state index in [2.05, 4.69) is 26.5 Å². The van der Waals surface area contributed by atoms with Crippen molar-refractivity contribution in [3.8, 4) is 11.5 Å². The maximum Gasteiger partial charge on any atom is 0.344 e. The number of rotatable bonds is 7. The second kappa shape index (κ2) is 8.88. The van der Waals surface area contributed by atoms with Crippen LogP contribution in [0.1, 0.15) is 12.5 Å². The second-order valence-electron chi connectivity index (χ2n) is 3.86. The Hall–Kier alpha value is -2.29. The van der Waals surface area contributed by atoms with Crippen molar-refractivity contribution in [3.63, 3.8) is 0 Å². The number of benzene rings is 1. The van der Waals surface area contributed by atoms with Gasteiger partial charge in [0, 0.05) is 0 Å². The fourth-order valence-corrected chi connectivity index (χ4v) is 2.03. The molecule has 0 aromatic heterocycles. The van der Waals surface area contributed by atoms with Crippen LogP contribution in [0.15, 0.2) is 21.7 Å². The highest BCUT2D eigenvalue weighted by Gasteiger charge is 2.13. The minimum absolute atomic E-state index is 0.237. The summed E-state index contributed by atoms with van der Waals surface area (Å²) in [5, 5.41) is 3.64. The smallest absolute Gasteiger partial charge is 0.344 e. The SMILES string of the molecule is CCOC(=O)COc1c(Br)cc(/C=N\NC(N)=O)cc1OC. The molecule has 22 heavy (non-hydrogen) atoms. The molecular formula is C13H16BrN3O5. The normalized spacial score (nSPS) is 10.3. The third kappa shape index (κ3) is 5.60. The average Bonchev–Trinajstić information content (AvgIpc) is 2.45. The molecule has 0 unspecified atom stereocenters. The molecular weight excluding hydrogens is 358 g/mol. The largest absolute Gasteiger partial charge is 0.493 e. The Morgan fingerprint density at radius 2 is 2.18 bits per heavy atom. The molecule has 0 bridgehead atoms. The summed E-state index contributed by atoms with van der Waals surface area (Å²) in [6.45, 7) is 1.75. The van der Waals surface area contributed by atoms with Crippen molar-refractivity contribution in [2.24, 2.45) is 10.8 Å². The van der Waals surface area contributed by atoms with E-state index in [1.165, 1.54) is 13.3 Å². The number of nitrogens with zero attached hydrogens (tertiary/aromatic N) is 1. The van der Waals surface area contributed by atoms with E-state index in [-0.39, 0.29) is 13.2 Å². The van der Waals surface area contributed by atoms with Gasteiger partial charge < -0.3 is 19.9 Å². The van der Waals surface area contributed by atoms with Crippen molar-refractivity contribution in [2.75, 3.05) is 20.3 Å². The van der Waals surface area contributed by atoms with Crippen LogP contribution in [0.5, 0.6) is 11.5 Å². The van der Waals surface area contributed by atoms with E-state index >= 15 is 0 Å². The summed E-state index contributed by atoms with van der Waals surface area (Å²) in [4.78, 5) is 21.9. The predicted molar refractivity (Wildman–Crippen MR) is 83.1 cm³/mol. The number of hydrazone groups is 1. The van der Waals surface area contributed by atoms with Crippen LogP contribution in [0, 0.1) is 0 Å². The zero-order valence-corrected chi connectivity index (χ0v) is 13.7. The molecule has 1 aromatic carbocycles. The molecule has 0 fully saturated rings. The summed E-state index contributed by atoms with van der Waals surface area (Å²) in [5.41, 5.74) is 7.60. The van der Waals surface area contributed by atoms with Crippen LogP contribution in [-0.2, 0) is 9.53 Å². The van der Waals surface area contributed by atoms with E-state index in [4.69, 9.17) is 19.9 Å². The Bertz CT molecular complexity index is 577. The number of hydrogen-bond acceptors (Lipinski definition) is 6. The van der Waals surface area contributed by atoms with Crippen LogP contribution in [0.25, 0.3) is 0 Å². The first kappa shape index (κ1) is 17.8. The number of nitrogens with two attached hydrogens (primary N) is 1.